The summed E-state index contributed by atoms with van der Waals surface area (Å²) < 4.78 is 0. The van der Waals surface area contributed by atoms with E-state index in [2.05, 4.69) is 110 Å². The highest BCUT2D eigenvalue weighted by Crippen LogP contribution is 2.41. The van der Waals surface area contributed by atoms with E-state index in [4.69, 9.17) is 0 Å². The Labute approximate surface area is 261 Å². The van der Waals surface area contributed by atoms with E-state index in [-0.39, 0.29) is 22.7 Å². The Kier molecular flexibility index (Phi) is 13.4. The standard InChI is InChI=1S/C40H54O3/c1-28(17-13-19-30(3)21-24-34-32(5)23-26-37(42)40(34,9)10)15-11-12-16-29(2)18-14-20-31(4)22-25-35-33(6)38(43)36(41)27-39(35,7)8/h11-22,24-25,36-37,41-42H,23,26-27H2,1-10H3/b12-11+,17-13+,18-14+,24-21+,25-22+,28-15+,29-16+,30-19+,31-20+. The SMILES string of the molecule is CC1=C(/C=C/C(C)=C/C=C/C(C)=C/C=C/C=C(C)/C=C/C=C(C)/C=C/C2=C(C)C(=O)C(O)CC2(C)C)C(C)(C)C(O)CC1. The first-order valence-electron chi connectivity index (χ1n) is 15.5. The van der Waals surface area contributed by atoms with E-state index in [9.17, 15) is 15.0 Å². The van der Waals surface area contributed by atoms with Crippen molar-refractivity contribution in [2.45, 2.75) is 101 Å². The molecule has 0 amide bonds. The molecule has 0 spiro atoms. The molecular weight excluding hydrogens is 528 g/mol. The average Bonchev–Trinajstić information content (AvgIpc) is 2.91. The second kappa shape index (κ2) is 16.0. The van der Waals surface area contributed by atoms with E-state index in [1.54, 1.807) is 0 Å². The van der Waals surface area contributed by atoms with Gasteiger partial charge in [-0.15, -0.1) is 0 Å². The Bertz CT molecular complexity index is 1370. The van der Waals surface area contributed by atoms with Gasteiger partial charge in [0.25, 0.3) is 0 Å². The molecule has 2 aliphatic rings. The predicted molar refractivity (Wildman–Crippen MR) is 185 cm³/mol. The third-order valence-corrected chi connectivity index (χ3v) is 8.58. The number of hydrogen-bond donors (Lipinski definition) is 2. The lowest BCUT2D eigenvalue weighted by atomic mass is 9.70. The second-order valence-corrected chi connectivity index (χ2v) is 13.4. The van der Waals surface area contributed by atoms with Crippen LogP contribution >= 0.6 is 0 Å². The third-order valence-electron chi connectivity index (χ3n) is 8.58. The maximum absolute atomic E-state index is 12.2. The Morgan fingerprint density at radius 3 is 1.65 bits per heavy atom. The molecule has 0 aliphatic heterocycles. The second-order valence-electron chi connectivity index (χ2n) is 13.4. The summed E-state index contributed by atoms with van der Waals surface area (Å²) in [5, 5.41) is 20.5. The van der Waals surface area contributed by atoms with Gasteiger partial charge in [0.2, 0.25) is 0 Å². The van der Waals surface area contributed by atoms with Crippen molar-refractivity contribution in [3.05, 3.63) is 130 Å². The normalized spacial score (nSPS) is 24.8. The van der Waals surface area contributed by atoms with Gasteiger partial charge in [-0.05, 0) is 82.9 Å². The van der Waals surface area contributed by atoms with Crippen molar-refractivity contribution in [3.63, 3.8) is 0 Å². The quantitative estimate of drug-likeness (QED) is 0.252. The van der Waals surface area contributed by atoms with E-state index >= 15 is 0 Å². The van der Waals surface area contributed by atoms with E-state index in [1.165, 1.54) is 16.7 Å². The zero-order valence-electron chi connectivity index (χ0n) is 28.2. The number of carbonyl (C=O) groups excluding carboxylic acids is 1. The van der Waals surface area contributed by atoms with E-state index in [1.807, 2.05) is 44.2 Å². The fourth-order valence-electron chi connectivity index (χ4n) is 5.63. The van der Waals surface area contributed by atoms with Gasteiger partial charge < -0.3 is 10.2 Å². The van der Waals surface area contributed by atoms with Crippen LogP contribution in [0.25, 0.3) is 0 Å². The number of hydrogen-bond acceptors (Lipinski definition) is 3. The summed E-state index contributed by atoms with van der Waals surface area (Å²) in [6.07, 6.45) is 30.1. The molecule has 2 N–H and O–H groups in total. The van der Waals surface area contributed by atoms with Crippen LogP contribution in [0.4, 0.5) is 0 Å². The molecule has 0 bridgehead atoms. The van der Waals surface area contributed by atoms with Crippen LogP contribution in [0, 0.1) is 10.8 Å². The van der Waals surface area contributed by atoms with Gasteiger partial charge in [-0.2, -0.15) is 0 Å². The molecule has 232 valence electrons. The summed E-state index contributed by atoms with van der Waals surface area (Å²) in [6.45, 7) is 20.7. The van der Waals surface area contributed by atoms with Gasteiger partial charge >= 0.3 is 0 Å². The number of allylic oxidation sites excluding steroid dienone is 20. The van der Waals surface area contributed by atoms with Crippen molar-refractivity contribution in [1.29, 1.82) is 0 Å². The smallest absolute Gasteiger partial charge is 0.187 e. The van der Waals surface area contributed by atoms with Gasteiger partial charge in [0.15, 0.2) is 5.78 Å². The number of ketones is 1. The zero-order chi connectivity index (χ0) is 32.4. The molecule has 43 heavy (non-hydrogen) atoms. The van der Waals surface area contributed by atoms with E-state index < -0.39 is 6.10 Å². The summed E-state index contributed by atoms with van der Waals surface area (Å²) in [5.74, 6) is -0.167. The Hall–Kier alpha value is -3.27. The molecule has 0 radical (unpaired) electrons. The van der Waals surface area contributed by atoms with Gasteiger partial charge in [0.05, 0.1) is 6.10 Å². The van der Waals surface area contributed by atoms with Crippen LogP contribution < -0.4 is 0 Å². The molecule has 0 heterocycles. The van der Waals surface area contributed by atoms with E-state index in [0.717, 1.165) is 35.1 Å². The summed E-state index contributed by atoms with van der Waals surface area (Å²) >= 11 is 0. The van der Waals surface area contributed by atoms with Crippen LogP contribution in [-0.2, 0) is 4.79 Å². The number of aliphatic hydroxyl groups is 2. The van der Waals surface area contributed by atoms with Gasteiger partial charge in [-0.1, -0.05) is 141 Å². The topological polar surface area (TPSA) is 57.5 Å². The molecular formula is C40H54O3. The Morgan fingerprint density at radius 1 is 0.698 bits per heavy atom. The fourth-order valence-corrected chi connectivity index (χ4v) is 5.63. The first-order valence-corrected chi connectivity index (χ1v) is 15.5. The molecule has 2 aliphatic carbocycles. The Balaban J connectivity index is 1.93. The lowest BCUT2D eigenvalue weighted by molar-refractivity contribution is -0.125. The van der Waals surface area contributed by atoms with Crippen molar-refractivity contribution < 1.29 is 15.0 Å². The molecule has 0 aromatic rings. The van der Waals surface area contributed by atoms with Crippen molar-refractivity contribution in [3.8, 4) is 0 Å². The first-order chi connectivity index (χ1) is 20.1. The van der Waals surface area contributed by atoms with Crippen molar-refractivity contribution >= 4 is 5.78 Å². The summed E-state index contributed by atoms with van der Waals surface area (Å²) in [6, 6.07) is 0. The van der Waals surface area contributed by atoms with Crippen molar-refractivity contribution in [1.82, 2.24) is 0 Å². The summed E-state index contributed by atoms with van der Waals surface area (Å²) in [4.78, 5) is 12.2. The molecule has 0 fully saturated rings. The van der Waals surface area contributed by atoms with Crippen LogP contribution in [0.15, 0.2) is 130 Å². The molecule has 3 heteroatoms. The monoisotopic (exact) mass is 582 g/mol. The minimum atomic E-state index is -0.898. The van der Waals surface area contributed by atoms with Gasteiger partial charge in [0, 0.05) is 5.41 Å². The minimum absolute atomic E-state index is 0.167. The molecule has 0 saturated heterocycles. The number of Topliss-reactive ketones (excluding diaryl/α,β-unsaturated/α-hetero) is 1. The van der Waals surface area contributed by atoms with Gasteiger partial charge in [0.1, 0.15) is 6.10 Å². The molecule has 0 saturated carbocycles. The lowest BCUT2D eigenvalue weighted by Gasteiger charge is -2.37. The molecule has 2 rings (SSSR count). The Morgan fingerprint density at radius 2 is 1.14 bits per heavy atom. The van der Waals surface area contributed by atoms with Gasteiger partial charge in [-0.25, -0.2) is 0 Å². The van der Waals surface area contributed by atoms with Crippen molar-refractivity contribution in [2.75, 3.05) is 0 Å². The highest BCUT2D eigenvalue weighted by atomic mass is 16.3. The number of carbonyl (C=O) groups is 1. The molecule has 0 aromatic heterocycles. The highest BCUT2D eigenvalue weighted by molar-refractivity contribution is 6.00. The maximum atomic E-state index is 12.2. The summed E-state index contributed by atoms with van der Waals surface area (Å²) in [7, 11) is 0. The van der Waals surface area contributed by atoms with E-state index in [0.29, 0.717) is 12.0 Å². The van der Waals surface area contributed by atoms with Crippen LogP contribution in [0.1, 0.15) is 88.5 Å². The maximum Gasteiger partial charge on any atom is 0.187 e. The lowest BCUT2D eigenvalue weighted by Crippen LogP contribution is -2.35. The largest absolute Gasteiger partial charge is 0.392 e. The van der Waals surface area contributed by atoms with Gasteiger partial charge in [-0.3, -0.25) is 4.79 Å². The highest BCUT2D eigenvalue weighted by Gasteiger charge is 2.37. The molecule has 2 unspecified atom stereocenters. The number of aliphatic hydroxyl groups excluding tert-OH is 2. The molecule has 2 atom stereocenters. The average molecular weight is 583 g/mol. The summed E-state index contributed by atoms with van der Waals surface area (Å²) in [5.41, 5.74) is 8.37. The fraction of sp³-hybridized carbons (Fsp3) is 0.425. The first kappa shape index (κ1) is 35.9. The van der Waals surface area contributed by atoms with Crippen LogP contribution in [-0.4, -0.2) is 28.2 Å². The van der Waals surface area contributed by atoms with Crippen LogP contribution in [0.2, 0.25) is 0 Å². The van der Waals surface area contributed by atoms with Crippen LogP contribution in [0.3, 0.4) is 0 Å². The van der Waals surface area contributed by atoms with Crippen LogP contribution in [0.5, 0.6) is 0 Å². The molecule has 0 aromatic carbocycles. The predicted octanol–water partition coefficient (Wildman–Crippen LogP) is 9.73. The zero-order valence-corrected chi connectivity index (χ0v) is 28.2. The number of rotatable bonds is 10. The third kappa shape index (κ3) is 10.7. The molecule has 3 nitrogen and oxygen atoms in total. The minimum Gasteiger partial charge on any atom is -0.392 e. The van der Waals surface area contributed by atoms with Crippen molar-refractivity contribution in [2.24, 2.45) is 10.8 Å².